The van der Waals surface area contributed by atoms with Gasteiger partial charge in [-0.15, -0.1) is 11.3 Å². The average Bonchev–Trinajstić information content (AvgIpc) is 3.27. The Morgan fingerprint density at radius 3 is 2.67 bits per heavy atom. The molecule has 0 radical (unpaired) electrons. The number of nitrogens with two attached hydrogens (primary N) is 1. The highest BCUT2D eigenvalue weighted by atomic mass is 32.1. The number of anilines is 1. The molecule has 2 aromatic rings. The van der Waals surface area contributed by atoms with Crippen LogP contribution in [0.3, 0.4) is 0 Å². The molecular formula is C20H24N2O4S. The maximum Gasteiger partial charge on any atom is 0.256 e. The summed E-state index contributed by atoms with van der Waals surface area (Å²) in [5, 5.41) is 3.32. The quantitative estimate of drug-likeness (QED) is 0.759. The number of amides is 2. The van der Waals surface area contributed by atoms with Gasteiger partial charge in [-0.2, -0.15) is 0 Å². The number of benzene rings is 1. The summed E-state index contributed by atoms with van der Waals surface area (Å²) in [6.07, 6.45) is 2.92. The molecule has 1 atom stereocenters. The third kappa shape index (κ3) is 4.48. The summed E-state index contributed by atoms with van der Waals surface area (Å²) >= 11 is 1.37. The molecule has 0 aliphatic carbocycles. The number of aryl methyl sites for hydroxylation is 1. The molecule has 1 aliphatic heterocycles. The molecule has 1 aromatic heterocycles. The number of thiophene rings is 1. The lowest BCUT2D eigenvalue weighted by Gasteiger charge is -2.11. The van der Waals surface area contributed by atoms with Crippen molar-refractivity contribution in [1.82, 2.24) is 0 Å². The average molecular weight is 388 g/mol. The Kier molecular flexibility index (Phi) is 6.13. The SMILES string of the molecule is CCc1c(C)sc(NC(=O)c2ccc(OC[C@@H]3CCCO3)cc2)c1C(N)=O. The minimum absolute atomic E-state index is 0.148. The van der Waals surface area contributed by atoms with Gasteiger partial charge in [-0.3, -0.25) is 9.59 Å². The Morgan fingerprint density at radius 1 is 1.33 bits per heavy atom. The fourth-order valence-corrected chi connectivity index (χ4v) is 4.34. The lowest BCUT2D eigenvalue weighted by atomic mass is 10.1. The largest absolute Gasteiger partial charge is 0.491 e. The molecule has 1 saturated heterocycles. The molecule has 144 valence electrons. The first kappa shape index (κ1) is 19.4. The van der Waals surface area contributed by atoms with Gasteiger partial charge in [-0.1, -0.05) is 6.92 Å². The highest BCUT2D eigenvalue weighted by Gasteiger charge is 2.21. The minimum Gasteiger partial charge on any atom is -0.491 e. The lowest BCUT2D eigenvalue weighted by molar-refractivity contribution is 0.0679. The molecule has 27 heavy (non-hydrogen) atoms. The van der Waals surface area contributed by atoms with Crippen LogP contribution in [0.4, 0.5) is 5.00 Å². The highest BCUT2D eigenvalue weighted by molar-refractivity contribution is 7.16. The van der Waals surface area contributed by atoms with Crippen molar-refractivity contribution < 1.29 is 19.1 Å². The Labute approximate surface area is 162 Å². The van der Waals surface area contributed by atoms with E-state index >= 15 is 0 Å². The van der Waals surface area contributed by atoms with E-state index in [0.29, 0.717) is 34.9 Å². The van der Waals surface area contributed by atoms with Gasteiger partial charge in [-0.25, -0.2) is 0 Å². The zero-order chi connectivity index (χ0) is 19.4. The van der Waals surface area contributed by atoms with Crippen molar-refractivity contribution >= 4 is 28.2 Å². The molecule has 0 saturated carbocycles. The van der Waals surface area contributed by atoms with Crippen LogP contribution in [0.25, 0.3) is 0 Å². The van der Waals surface area contributed by atoms with Gasteiger partial charge in [0.15, 0.2) is 0 Å². The minimum atomic E-state index is -0.524. The molecule has 3 N–H and O–H groups in total. The molecule has 1 fully saturated rings. The second-order valence-electron chi connectivity index (χ2n) is 6.48. The molecular weight excluding hydrogens is 364 g/mol. The standard InChI is InChI=1S/C20H24N2O4S/c1-3-16-12(2)27-20(17(16)18(21)23)22-19(24)13-6-8-14(9-7-13)26-11-15-5-4-10-25-15/h6-9,15H,3-5,10-11H2,1-2H3,(H2,21,23)(H,22,24)/t15-/m0/s1. The molecule has 2 heterocycles. The Hall–Kier alpha value is -2.38. The molecule has 1 aromatic carbocycles. The summed E-state index contributed by atoms with van der Waals surface area (Å²) in [5.41, 5.74) is 7.30. The Bertz CT molecular complexity index is 823. The maximum absolute atomic E-state index is 12.6. The Morgan fingerprint density at radius 2 is 2.07 bits per heavy atom. The topological polar surface area (TPSA) is 90.7 Å². The van der Waals surface area contributed by atoms with E-state index in [1.54, 1.807) is 24.3 Å². The van der Waals surface area contributed by atoms with Crippen LogP contribution in [0.5, 0.6) is 5.75 Å². The number of carbonyl (C=O) groups excluding carboxylic acids is 2. The lowest BCUT2D eigenvalue weighted by Crippen LogP contribution is -2.18. The zero-order valence-electron chi connectivity index (χ0n) is 15.5. The second kappa shape index (κ2) is 8.54. The predicted octanol–water partition coefficient (Wildman–Crippen LogP) is 3.53. The number of hydrogen-bond acceptors (Lipinski definition) is 5. The summed E-state index contributed by atoms with van der Waals surface area (Å²) in [6.45, 7) is 5.19. The fraction of sp³-hybridized carbons (Fsp3) is 0.400. The van der Waals surface area contributed by atoms with E-state index in [1.807, 2.05) is 13.8 Å². The molecule has 3 rings (SSSR count). The highest BCUT2D eigenvalue weighted by Crippen LogP contribution is 2.33. The van der Waals surface area contributed by atoms with E-state index in [-0.39, 0.29) is 12.0 Å². The monoisotopic (exact) mass is 388 g/mol. The first-order chi connectivity index (χ1) is 13.0. The summed E-state index contributed by atoms with van der Waals surface area (Å²) < 4.78 is 11.2. The summed E-state index contributed by atoms with van der Waals surface area (Å²) in [6, 6.07) is 6.92. The molecule has 7 heteroatoms. The summed E-state index contributed by atoms with van der Waals surface area (Å²) in [4.78, 5) is 25.4. The van der Waals surface area contributed by atoms with E-state index in [0.717, 1.165) is 29.9 Å². The van der Waals surface area contributed by atoms with Gasteiger partial charge in [0, 0.05) is 17.0 Å². The van der Waals surface area contributed by atoms with E-state index < -0.39 is 5.91 Å². The van der Waals surface area contributed by atoms with Crippen LogP contribution in [0.1, 0.15) is 50.9 Å². The Balaban J connectivity index is 1.67. The van der Waals surface area contributed by atoms with Gasteiger partial charge in [0.25, 0.3) is 11.8 Å². The van der Waals surface area contributed by atoms with Crippen LogP contribution in [-0.2, 0) is 11.2 Å². The maximum atomic E-state index is 12.6. The van der Waals surface area contributed by atoms with E-state index in [4.69, 9.17) is 15.2 Å². The van der Waals surface area contributed by atoms with Crippen LogP contribution < -0.4 is 15.8 Å². The number of primary amides is 1. The second-order valence-corrected chi connectivity index (χ2v) is 7.71. The number of nitrogens with one attached hydrogen (secondary N) is 1. The van der Waals surface area contributed by atoms with Crippen LogP contribution in [0, 0.1) is 6.92 Å². The molecule has 0 bridgehead atoms. The van der Waals surface area contributed by atoms with Crippen LogP contribution in [0.15, 0.2) is 24.3 Å². The van der Waals surface area contributed by atoms with Gasteiger partial charge in [0.2, 0.25) is 0 Å². The number of rotatable bonds is 7. The summed E-state index contributed by atoms with van der Waals surface area (Å²) in [5.74, 6) is -0.114. The fourth-order valence-electron chi connectivity index (χ4n) is 3.20. The van der Waals surface area contributed by atoms with Crippen molar-refractivity contribution in [2.24, 2.45) is 5.73 Å². The first-order valence-electron chi connectivity index (χ1n) is 9.07. The first-order valence-corrected chi connectivity index (χ1v) is 9.89. The van der Waals surface area contributed by atoms with E-state index in [9.17, 15) is 9.59 Å². The smallest absolute Gasteiger partial charge is 0.256 e. The van der Waals surface area contributed by atoms with Crippen molar-refractivity contribution in [2.75, 3.05) is 18.5 Å². The summed E-state index contributed by atoms with van der Waals surface area (Å²) in [7, 11) is 0. The van der Waals surface area contributed by atoms with E-state index in [2.05, 4.69) is 5.32 Å². The molecule has 1 aliphatic rings. The van der Waals surface area contributed by atoms with Gasteiger partial charge >= 0.3 is 0 Å². The van der Waals surface area contributed by atoms with Gasteiger partial charge in [0.05, 0.1) is 11.7 Å². The van der Waals surface area contributed by atoms with Gasteiger partial charge in [-0.05, 0) is 56.0 Å². The van der Waals surface area contributed by atoms with Crippen molar-refractivity contribution in [1.29, 1.82) is 0 Å². The van der Waals surface area contributed by atoms with Gasteiger partial charge in [0.1, 0.15) is 17.4 Å². The molecule has 0 unspecified atom stereocenters. The zero-order valence-corrected chi connectivity index (χ0v) is 16.4. The predicted molar refractivity (Wildman–Crippen MR) is 106 cm³/mol. The number of carbonyl (C=O) groups is 2. The van der Waals surface area contributed by atoms with Crippen LogP contribution in [0.2, 0.25) is 0 Å². The third-order valence-electron chi connectivity index (χ3n) is 4.61. The molecule has 2 amide bonds. The van der Waals surface area contributed by atoms with Crippen molar-refractivity contribution in [3.8, 4) is 5.75 Å². The van der Waals surface area contributed by atoms with Crippen LogP contribution >= 0.6 is 11.3 Å². The van der Waals surface area contributed by atoms with E-state index in [1.165, 1.54) is 11.3 Å². The number of ether oxygens (including phenoxy) is 2. The van der Waals surface area contributed by atoms with Crippen molar-refractivity contribution in [3.05, 3.63) is 45.8 Å². The third-order valence-corrected chi connectivity index (χ3v) is 5.68. The van der Waals surface area contributed by atoms with Gasteiger partial charge < -0.3 is 20.5 Å². The van der Waals surface area contributed by atoms with Crippen molar-refractivity contribution in [2.45, 2.75) is 39.2 Å². The van der Waals surface area contributed by atoms with Crippen molar-refractivity contribution in [3.63, 3.8) is 0 Å². The number of hydrogen-bond donors (Lipinski definition) is 2. The molecule has 0 spiro atoms. The normalized spacial score (nSPS) is 16.3. The molecule has 6 nitrogen and oxygen atoms in total. The van der Waals surface area contributed by atoms with Crippen LogP contribution in [-0.4, -0.2) is 31.1 Å².